The molecule has 0 aromatic rings. The highest BCUT2D eigenvalue weighted by atomic mass is 32.2. The topological polar surface area (TPSA) is 133 Å². The van der Waals surface area contributed by atoms with E-state index in [9.17, 15) is 13.5 Å². The molecule has 138 valence electrons. The van der Waals surface area contributed by atoms with Crippen LogP contribution in [0.1, 0.15) is 21.3 Å². The summed E-state index contributed by atoms with van der Waals surface area (Å²) in [6, 6.07) is -0.554. The Bertz CT molecular complexity index is 361. The Labute approximate surface area is 136 Å². The molecular formula is C13H36N4O4S. The van der Waals surface area contributed by atoms with Crippen molar-refractivity contribution >= 4 is 10.0 Å². The molecule has 0 aliphatic carbocycles. The molecule has 9 heteroatoms. The van der Waals surface area contributed by atoms with Gasteiger partial charge in [0, 0.05) is 32.2 Å². The van der Waals surface area contributed by atoms with Crippen LogP contribution in [0.3, 0.4) is 0 Å². The predicted molar refractivity (Wildman–Crippen MR) is 92.1 cm³/mol. The molecule has 6 N–H and O–H groups in total. The standard InChI is InChI=1S/C6H16N2O3S.C6H16N2O.CH4/c1-5(7)6(9)4-8(2)12(3,10)11;1-5(7)6(9)4-8(2)3;/h5-6,9H,4,7H2,1-3H3;5-6,9H,4,7H2,1-3H3;1H4. The number of hydrogen-bond donors (Lipinski definition) is 4. The van der Waals surface area contributed by atoms with E-state index in [4.69, 9.17) is 16.6 Å². The molecule has 4 atom stereocenters. The van der Waals surface area contributed by atoms with Crippen LogP contribution in [-0.4, -0.2) is 92.6 Å². The summed E-state index contributed by atoms with van der Waals surface area (Å²) in [5, 5.41) is 18.4. The van der Waals surface area contributed by atoms with E-state index in [0.717, 1.165) is 10.6 Å². The lowest BCUT2D eigenvalue weighted by molar-refractivity contribution is 0.117. The van der Waals surface area contributed by atoms with E-state index >= 15 is 0 Å². The minimum Gasteiger partial charge on any atom is -0.390 e. The summed E-state index contributed by atoms with van der Waals surface area (Å²) in [5.41, 5.74) is 10.8. The highest BCUT2D eigenvalue weighted by molar-refractivity contribution is 7.88. The van der Waals surface area contributed by atoms with E-state index in [0.29, 0.717) is 6.54 Å². The number of nitrogens with two attached hydrogens (primary N) is 2. The Morgan fingerprint density at radius 3 is 1.45 bits per heavy atom. The maximum Gasteiger partial charge on any atom is 0.211 e. The lowest BCUT2D eigenvalue weighted by atomic mass is 10.2. The van der Waals surface area contributed by atoms with Crippen molar-refractivity contribution in [3.8, 4) is 0 Å². The van der Waals surface area contributed by atoms with E-state index in [1.54, 1.807) is 13.8 Å². The molecule has 0 aliphatic heterocycles. The molecule has 0 fully saturated rings. The van der Waals surface area contributed by atoms with Gasteiger partial charge in [-0.05, 0) is 27.9 Å². The van der Waals surface area contributed by atoms with Gasteiger partial charge >= 0.3 is 0 Å². The Hall–Kier alpha value is -0.290. The molecule has 4 unspecified atom stereocenters. The van der Waals surface area contributed by atoms with Gasteiger partial charge in [0.1, 0.15) is 0 Å². The third-order valence-electron chi connectivity index (χ3n) is 2.78. The van der Waals surface area contributed by atoms with Crippen molar-refractivity contribution in [2.75, 3.05) is 40.5 Å². The molecule has 8 nitrogen and oxygen atoms in total. The molecule has 0 aliphatic rings. The molecule has 0 spiro atoms. The van der Waals surface area contributed by atoms with E-state index in [-0.39, 0.29) is 20.0 Å². The van der Waals surface area contributed by atoms with Crippen molar-refractivity contribution < 1.29 is 18.6 Å². The molecule has 0 saturated carbocycles. The van der Waals surface area contributed by atoms with Crippen molar-refractivity contribution in [1.29, 1.82) is 0 Å². The van der Waals surface area contributed by atoms with Gasteiger partial charge in [0.2, 0.25) is 10.0 Å². The maximum atomic E-state index is 10.9. The van der Waals surface area contributed by atoms with Crippen LogP contribution in [-0.2, 0) is 10.0 Å². The number of rotatable bonds is 7. The first-order valence-corrected chi connectivity index (χ1v) is 8.57. The van der Waals surface area contributed by atoms with E-state index in [2.05, 4.69) is 0 Å². The molecule has 0 rings (SSSR count). The monoisotopic (exact) mass is 344 g/mol. The summed E-state index contributed by atoms with van der Waals surface area (Å²) in [6.45, 7) is 4.10. The Kier molecular flexibility index (Phi) is 14.7. The fraction of sp³-hybridized carbons (Fsp3) is 1.00. The third-order valence-corrected chi connectivity index (χ3v) is 4.06. The minimum absolute atomic E-state index is 0. The van der Waals surface area contributed by atoms with Gasteiger partial charge in [-0.25, -0.2) is 12.7 Å². The number of nitrogens with zero attached hydrogens (tertiary/aromatic N) is 2. The summed E-state index contributed by atoms with van der Waals surface area (Å²) in [4.78, 5) is 1.91. The first kappa shape index (κ1) is 26.6. The minimum atomic E-state index is -3.21. The first-order valence-electron chi connectivity index (χ1n) is 6.72. The maximum absolute atomic E-state index is 10.9. The first-order chi connectivity index (χ1) is 9.28. The third kappa shape index (κ3) is 14.6. The number of likely N-dealkylation sites (N-methyl/N-ethyl adjacent to an activating group) is 2. The quantitative estimate of drug-likeness (QED) is 0.441. The second-order valence-corrected chi connectivity index (χ2v) is 7.75. The van der Waals surface area contributed by atoms with Gasteiger partial charge in [-0.15, -0.1) is 0 Å². The largest absolute Gasteiger partial charge is 0.390 e. The van der Waals surface area contributed by atoms with Gasteiger partial charge in [0.15, 0.2) is 0 Å². The highest BCUT2D eigenvalue weighted by Gasteiger charge is 2.17. The average Bonchev–Trinajstić information content (AvgIpc) is 2.27. The molecule has 0 bridgehead atoms. The highest BCUT2D eigenvalue weighted by Crippen LogP contribution is 1.97. The van der Waals surface area contributed by atoms with E-state index < -0.39 is 28.3 Å². The number of aliphatic hydroxyl groups is 2. The predicted octanol–water partition coefficient (Wildman–Crippen LogP) is -1.52. The molecule has 22 heavy (non-hydrogen) atoms. The number of sulfonamides is 1. The normalized spacial score (nSPS) is 17.1. The Balaban J connectivity index is -0.000000326. The molecule has 0 aromatic carbocycles. The summed E-state index contributed by atoms with van der Waals surface area (Å²) < 4.78 is 22.8. The zero-order chi connectivity index (χ0) is 17.4. The van der Waals surface area contributed by atoms with Crippen LogP contribution in [0.4, 0.5) is 0 Å². The van der Waals surface area contributed by atoms with Crippen molar-refractivity contribution in [2.45, 2.75) is 45.6 Å². The van der Waals surface area contributed by atoms with Crippen molar-refractivity contribution in [3.05, 3.63) is 0 Å². The second kappa shape index (κ2) is 12.2. The fourth-order valence-corrected chi connectivity index (χ4v) is 1.53. The Morgan fingerprint density at radius 1 is 0.955 bits per heavy atom. The van der Waals surface area contributed by atoms with Crippen LogP contribution in [0.2, 0.25) is 0 Å². The molecule has 0 heterocycles. The van der Waals surface area contributed by atoms with Crippen LogP contribution in [0, 0.1) is 0 Å². The second-order valence-electron chi connectivity index (χ2n) is 5.66. The van der Waals surface area contributed by atoms with E-state index in [1.807, 2.05) is 19.0 Å². The van der Waals surface area contributed by atoms with Gasteiger partial charge in [0.05, 0.1) is 18.5 Å². The van der Waals surface area contributed by atoms with Crippen molar-refractivity contribution in [2.24, 2.45) is 11.5 Å². The molecule has 0 radical (unpaired) electrons. The molecule has 0 aromatic heterocycles. The number of hydrogen-bond acceptors (Lipinski definition) is 7. The van der Waals surface area contributed by atoms with Crippen molar-refractivity contribution in [1.82, 2.24) is 9.21 Å². The molecule has 0 saturated heterocycles. The summed E-state index contributed by atoms with van der Waals surface area (Å²) in [6.07, 6.45) is -0.134. The van der Waals surface area contributed by atoms with Gasteiger partial charge in [-0.3, -0.25) is 0 Å². The summed E-state index contributed by atoms with van der Waals surface area (Å²) in [5.74, 6) is 0. The lowest BCUT2D eigenvalue weighted by Crippen LogP contribution is -2.42. The van der Waals surface area contributed by atoms with Gasteiger partial charge in [-0.1, -0.05) is 7.43 Å². The van der Waals surface area contributed by atoms with E-state index in [1.165, 1.54) is 7.05 Å². The SMILES string of the molecule is C.CC(N)C(O)CN(C)C.CC(N)C(O)CN(C)S(C)(=O)=O. The molecular weight excluding hydrogens is 308 g/mol. The van der Waals surface area contributed by atoms with Gasteiger partial charge in [0.25, 0.3) is 0 Å². The average molecular weight is 345 g/mol. The fourth-order valence-electron chi connectivity index (χ4n) is 1.11. The van der Waals surface area contributed by atoms with Crippen molar-refractivity contribution in [3.63, 3.8) is 0 Å². The van der Waals surface area contributed by atoms with Gasteiger partial charge in [-0.2, -0.15) is 0 Å². The van der Waals surface area contributed by atoms with Crippen LogP contribution in [0.5, 0.6) is 0 Å². The Morgan fingerprint density at radius 2 is 1.27 bits per heavy atom. The lowest BCUT2D eigenvalue weighted by Gasteiger charge is -2.20. The number of aliphatic hydroxyl groups excluding tert-OH is 2. The van der Waals surface area contributed by atoms with Crippen LogP contribution < -0.4 is 11.5 Å². The van der Waals surface area contributed by atoms with Crippen LogP contribution >= 0.6 is 0 Å². The van der Waals surface area contributed by atoms with Crippen LogP contribution in [0.15, 0.2) is 0 Å². The molecule has 0 amide bonds. The zero-order valence-electron chi connectivity index (χ0n) is 13.9. The summed E-state index contributed by atoms with van der Waals surface area (Å²) in [7, 11) is 2.01. The zero-order valence-corrected chi connectivity index (χ0v) is 14.7. The van der Waals surface area contributed by atoms with Crippen LogP contribution in [0.25, 0.3) is 0 Å². The smallest absolute Gasteiger partial charge is 0.211 e. The summed E-state index contributed by atoms with van der Waals surface area (Å²) >= 11 is 0. The van der Waals surface area contributed by atoms with Gasteiger partial charge < -0.3 is 26.6 Å².